The Morgan fingerprint density at radius 1 is 1.50 bits per heavy atom. The van der Waals surface area contributed by atoms with Gasteiger partial charge in [0.1, 0.15) is 0 Å². The van der Waals surface area contributed by atoms with Gasteiger partial charge in [-0.3, -0.25) is 0 Å². The monoisotopic (exact) mass is 249 g/mol. The van der Waals surface area contributed by atoms with Crippen LogP contribution in [0.3, 0.4) is 0 Å². The summed E-state index contributed by atoms with van der Waals surface area (Å²) in [6.07, 6.45) is 7.54. The number of rotatable bonds is 2. The van der Waals surface area contributed by atoms with E-state index in [-0.39, 0.29) is 0 Å². The molecule has 0 radical (unpaired) electrons. The van der Waals surface area contributed by atoms with E-state index in [1.165, 1.54) is 5.57 Å². The molecule has 0 aromatic rings. The molecule has 0 amide bonds. The van der Waals surface area contributed by atoms with Gasteiger partial charge < -0.3 is 5.73 Å². The summed E-state index contributed by atoms with van der Waals surface area (Å²) in [4.78, 5) is 0. The summed E-state index contributed by atoms with van der Waals surface area (Å²) in [5, 5.41) is 0. The van der Waals surface area contributed by atoms with Gasteiger partial charge in [-0.25, -0.2) is 0 Å². The summed E-state index contributed by atoms with van der Waals surface area (Å²) in [6, 6.07) is 0. The molecule has 0 saturated heterocycles. The lowest BCUT2D eigenvalue weighted by Crippen LogP contribution is -1.75. The number of hydrogen-bond donors (Lipinski definition) is 1. The summed E-state index contributed by atoms with van der Waals surface area (Å²) < 4.78 is 1.15. The fourth-order valence-electron chi connectivity index (χ4n) is 0.441. The molecule has 0 fully saturated rings. The van der Waals surface area contributed by atoms with Crippen molar-refractivity contribution < 1.29 is 0 Å². The summed E-state index contributed by atoms with van der Waals surface area (Å²) in [7, 11) is 0. The van der Waals surface area contributed by atoms with E-state index in [0.29, 0.717) is 0 Å². The van der Waals surface area contributed by atoms with Gasteiger partial charge in [-0.15, -0.1) is 0 Å². The van der Waals surface area contributed by atoms with Crippen molar-refractivity contribution in [2.24, 2.45) is 5.73 Å². The standard InChI is InChI=1S/C8H12IN/c1-3-7(2)6-8(9)4-5-10/h3-6H,10H2,1-2H3/b5-4-,7-3-,8-6+. The van der Waals surface area contributed by atoms with Gasteiger partial charge in [-0.1, -0.05) is 11.6 Å². The molecule has 0 spiro atoms. The van der Waals surface area contributed by atoms with Crippen LogP contribution in [-0.2, 0) is 0 Å². The molecule has 0 saturated carbocycles. The first-order chi connectivity index (χ1) is 4.70. The minimum absolute atomic E-state index is 1.15. The molecule has 0 aliphatic heterocycles. The second-order valence-corrected chi connectivity index (χ2v) is 3.17. The van der Waals surface area contributed by atoms with E-state index >= 15 is 0 Å². The molecule has 0 aromatic heterocycles. The highest BCUT2D eigenvalue weighted by molar-refractivity contribution is 14.1. The second-order valence-electron chi connectivity index (χ2n) is 1.92. The molecule has 2 heteroatoms. The fraction of sp³-hybridized carbons (Fsp3) is 0.250. The Kier molecular flexibility index (Phi) is 5.39. The zero-order chi connectivity index (χ0) is 7.98. The van der Waals surface area contributed by atoms with Gasteiger partial charge in [0.05, 0.1) is 0 Å². The summed E-state index contributed by atoms with van der Waals surface area (Å²) in [5.41, 5.74) is 6.45. The fourth-order valence-corrected chi connectivity index (χ4v) is 1.14. The molecular formula is C8H12IN. The summed E-state index contributed by atoms with van der Waals surface area (Å²) >= 11 is 2.23. The quantitative estimate of drug-likeness (QED) is 0.591. The molecule has 0 aliphatic rings. The van der Waals surface area contributed by atoms with Gasteiger partial charge in [-0.05, 0) is 54.8 Å². The van der Waals surface area contributed by atoms with E-state index in [0.717, 1.165) is 3.58 Å². The molecule has 0 aromatic carbocycles. The van der Waals surface area contributed by atoms with Crippen molar-refractivity contribution in [3.8, 4) is 0 Å². The van der Waals surface area contributed by atoms with E-state index in [2.05, 4.69) is 41.7 Å². The van der Waals surface area contributed by atoms with Gasteiger partial charge >= 0.3 is 0 Å². The van der Waals surface area contributed by atoms with Crippen LogP contribution in [-0.4, -0.2) is 0 Å². The van der Waals surface area contributed by atoms with Crippen molar-refractivity contribution in [1.29, 1.82) is 0 Å². The highest BCUT2D eigenvalue weighted by Gasteiger charge is 1.83. The van der Waals surface area contributed by atoms with Crippen LogP contribution in [0.25, 0.3) is 0 Å². The van der Waals surface area contributed by atoms with Gasteiger partial charge in [0.15, 0.2) is 0 Å². The summed E-state index contributed by atoms with van der Waals surface area (Å²) in [6.45, 7) is 4.07. The molecule has 0 heterocycles. The van der Waals surface area contributed by atoms with Crippen molar-refractivity contribution in [3.05, 3.63) is 33.6 Å². The third kappa shape index (κ3) is 4.61. The smallest absolute Gasteiger partial charge is 0.0147 e. The predicted molar refractivity (Wildman–Crippen MR) is 54.9 cm³/mol. The van der Waals surface area contributed by atoms with Crippen LogP contribution in [0.15, 0.2) is 33.6 Å². The maximum atomic E-state index is 5.20. The number of hydrogen-bond acceptors (Lipinski definition) is 1. The molecule has 56 valence electrons. The Hall–Kier alpha value is -0.250. The first kappa shape index (κ1) is 9.75. The van der Waals surface area contributed by atoms with Gasteiger partial charge in [0.2, 0.25) is 0 Å². The summed E-state index contributed by atoms with van der Waals surface area (Å²) in [5.74, 6) is 0. The van der Waals surface area contributed by atoms with Crippen LogP contribution in [0.1, 0.15) is 13.8 Å². The van der Waals surface area contributed by atoms with E-state index in [1.54, 1.807) is 6.20 Å². The van der Waals surface area contributed by atoms with Crippen LogP contribution in [0.4, 0.5) is 0 Å². The van der Waals surface area contributed by atoms with E-state index in [4.69, 9.17) is 5.73 Å². The Morgan fingerprint density at radius 3 is 2.50 bits per heavy atom. The molecular weight excluding hydrogens is 237 g/mol. The third-order valence-corrected chi connectivity index (χ3v) is 1.75. The largest absolute Gasteiger partial charge is 0.405 e. The normalized spacial score (nSPS) is 14.7. The van der Waals surface area contributed by atoms with E-state index < -0.39 is 0 Å². The number of allylic oxidation sites excluding steroid dienone is 5. The first-order valence-corrected chi connectivity index (χ1v) is 4.17. The Bertz CT molecular complexity index is 178. The lowest BCUT2D eigenvalue weighted by molar-refractivity contribution is 1.47. The Labute approximate surface area is 75.8 Å². The molecule has 0 atom stereocenters. The zero-order valence-corrected chi connectivity index (χ0v) is 8.42. The molecule has 2 N–H and O–H groups in total. The topological polar surface area (TPSA) is 26.0 Å². The number of nitrogens with two attached hydrogens (primary N) is 1. The maximum absolute atomic E-state index is 5.20. The van der Waals surface area contributed by atoms with Crippen LogP contribution >= 0.6 is 22.6 Å². The second kappa shape index (κ2) is 5.53. The minimum atomic E-state index is 1.15. The first-order valence-electron chi connectivity index (χ1n) is 3.09. The average molecular weight is 249 g/mol. The zero-order valence-electron chi connectivity index (χ0n) is 6.26. The van der Waals surface area contributed by atoms with Gasteiger partial charge in [0, 0.05) is 3.58 Å². The highest BCUT2D eigenvalue weighted by atomic mass is 127. The van der Waals surface area contributed by atoms with Crippen molar-refractivity contribution in [2.75, 3.05) is 0 Å². The van der Waals surface area contributed by atoms with E-state index in [1.807, 2.05) is 13.0 Å². The molecule has 0 bridgehead atoms. The lowest BCUT2D eigenvalue weighted by atomic mass is 10.2. The van der Waals surface area contributed by atoms with Crippen LogP contribution in [0, 0.1) is 0 Å². The minimum Gasteiger partial charge on any atom is -0.405 e. The number of halogens is 1. The average Bonchev–Trinajstić information content (AvgIpc) is 1.88. The van der Waals surface area contributed by atoms with Crippen LogP contribution in [0.5, 0.6) is 0 Å². The SMILES string of the molecule is C\C=C(C)/C=C(I)\C=C/N. The van der Waals surface area contributed by atoms with Crippen molar-refractivity contribution in [3.63, 3.8) is 0 Å². The van der Waals surface area contributed by atoms with Crippen molar-refractivity contribution >= 4 is 22.6 Å². The highest BCUT2D eigenvalue weighted by Crippen LogP contribution is 2.10. The molecule has 10 heavy (non-hydrogen) atoms. The van der Waals surface area contributed by atoms with E-state index in [9.17, 15) is 0 Å². The molecule has 0 aliphatic carbocycles. The maximum Gasteiger partial charge on any atom is 0.0147 e. The molecule has 1 nitrogen and oxygen atoms in total. The van der Waals surface area contributed by atoms with Gasteiger partial charge in [-0.2, -0.15) is 0 Å². The van der Waals surface area contributed by atoms with Crippen LogP contribution in [0.2, 0.25) is 0 Å². The van der Waals surface area contributed by atoms with Crippen LogP contribution < -0.4 is 5.73 Å². The Balaban J connectivity index is 4.16. The lowest BCUT2D eigenvalue weighted by Gasteiger charge is -1.89. The van der Waals surface area contributed by atoms with Gasteiger partial charge in [0.25, 0.3) is 0 Å². The Morgan fingerprint density at radius 2 is 2.10 bits per heavy atom. The van der Waals surface area contributed by atoms with Crippen molar-refractivity contribution in [2.45, 2.75) is 13.8 Å². The predicted octanol–water partition coefficient (Wildman–Crippen LogP) is 2.74. The third-order valence-electron chi connectivity index (χ3n) is 1.08. The molecule has 0 rings (SSSR count). The van der Waals surface area contributed by atoms with Crippen molar-refractivity contribution in [1.82, 2.24) is 0 Å². The molecule has 0 unspecified atom stereocenters.